The summed E-state index contributed by atoms with van der Waals surface area (Å²) in [5.41, 5.74) is 0.0661. The summed E-state index contributed by atoms with van der Waals surface area (Å²) >= 11 is 13.5. The molecule has 0 unspecified atom stereocenters. The third-order valence-electron chi connectivity index (χ3n) is 2.90. The fourth-order valence-electron chi connectivity index (χ4n) is 1.81. The molecule has 120 valence electrons. The molecule has 0 aliphatic carbocycles. The van der Waals surface area contributed by atoms with Crippen molar-refractivity contribution in [1.29, 1.82) is 0 Å². The predicted molar refractivity (Wildman–Crippen MR) is 88.8 cm³/mol. The predicted octanol–water partition coefficient (Wildman–Crippen LogP) is 2.60. The number of hydrogen-bond acceptors (Lipinski definition) is 6. The first-order valence-corrected chi connectivity index (χ1v) is 8.32. The van der Waals surface area contributed by atoms with Crippen molar-refractivity contribution in [2.45, 2.75) is 12.1 Å². The van der Waals surface area contributed by atoms with Gasteiger partial charge < -0.3 is 4.74 Å². The first-order valence-electron chi connectivity index (χ1n) is 6.58. The lowest BCUT2D eigenvalue weighted by molar-refractivity contribution is 0.344. The third-order valence-corrected chi connectivity index (χ3v) is 4.37. The van der Waals surface area contributed by atoms with Gasteiger partial charge in [0, 0.05) is 5.75 Å². The van der Waals surface area contributed by atoms with Gasteiger partial charge in [0.05, 0.1) is 16.7 Å². The number of nitrogens with zero attached hydrogens (tertiary/aromatic N) is 4. The Bertz CT molecular complexity index is 891. The molecule has 0 radical (unpaired) electrons. The van der Waals surface area contributed by atoms with Gasteiger partial charge in [-0.1, -0.05) is 41.0 Å². The number of aryl methyl sites for hydroxylation is 1. The summed E-state index contributed by atoms with van der Waals surface area (Å²) in [6.45, 7) is 2.00. The molecule has 3 aromatic rings. The minimum atomic E-state index is -0.279. The number of para-hydroxylation sites is 1. The Labute approximate surface area is 145 Å². The van der Waals surface area contributed by atoms with Crippen molar-refractivity contribution in [3.8, 4) is 5.75 Å². The Morgan fingerprint density at radius 3 is 2.78 bits per heavy atom. The molecule has 0 aliphatic heterocycles. The molecule has 0 atom stereocenters. The average molecular weight is 372 g/mol. The monoisotopic (exact) mass is 371 g/mol. The standard InChI is InChI=1S/C13H11Cl2N5O2S/c1-7-11(21)16-12-17-18-13(20(12)19-7)23-6-5-22-10-8(14)3-2-4-9(10)15/h2-4H,5-6H2,1H3,(H,16,17,21). The van der Waals surface area contributed by atoms with Gasteiger partial charge in [0.2, 0.25) is 5.16 Å². The molecule has 0 saturated heterocycles. The number of aromatic amines is 1. The van der Waals surface area contributed by atoms with Gasteiger partial charge in [-0.2, -0.15) is 9.61 Å². The number of halogens is 2. The Hall–Kier alpha value is -1.77. The number of aromatic nitrogens is 5. The first kappa shape index (κ1) is 16.1. The Balaban J connectivity index is 1.65. The number of H-pyrrole nitrogens is 1. The average Bonchev–Trinajstić information content (AvgIpc) is 2.89. The molecule has 0 aliphatic rings. The summed E-state index contributed by atoms with van der Waals surface area (Å²) in [4.78, 5) is 14.1. The summed E-state index contributed by atoms with van der Waals surface area (Å²) in [6, 6.07) is 5.18. The fraction of sp³-hybridized carbons (Fsp3) is 0.231. The van der Waals surface area contributed by atoms with Crippen LogP contribution in [0, 0.1) is 6.92 Å². The van der Waals surface area contributed by atoms with Crippen LogP contribution in [0.4, 0.5) is 0 Å². The van der Waals surface area contributed by atoms with E-state index in [0.29, 0.717) is 44.8 Å². The van der Waals surface area contributed by atoms with Crippen molar-refractivity contribution in [2.24, 2.45) is 0 Å². The van der Waals surface area contributed by atoms with Crippen LogP contribution in [0.2, 0.25) is 10.0 Å². The highest BCUT2D eigenvalue weighted by Crippen LogP contribution is 2.32. The highest BCUT2D eigenvalue weighted by molar-refractivity contribution is 7.99. The molecule has 0 fully saturated rings. The van der Waals surface area contributed by atoms with Crippen molar-refractivity contribution in [1.82, 2.24) is 24.8 Å². The lowest BCUT2D eigenvalue weighted by Crippen LogP contribution is -2.15. The van der Waals surface area contributed by atoms with Crippen LogP contribution in [0.1, 0.15) is 5.69 Å². The highest BCUT2D eigenvalue weighted by atomic mass is 35.5. The molecular weight excluding hydrogens is 361 g/mol. The molecule has 1 N–H and O–H groups in total. The largest absolute Gasteiger partial charge is 0.490 e. The van der Waals surface area contributed by atoms with Gasteiger partial charge in [0.15, 0.2) is 5.75 Å². The van der Waals surface area contributed by atoms with Crippen molar-refractivity contribution in [3.05, 3.63) is 44.3 Å². The van der Waals surface area contributed by atoms with Crippen molar-refractivity contribution < 1.29 is 4.74 Å². The van der Waals surface area contributed by atoms with Crippen LogP contribution in [0.5, 0.6) is 5.75 Å². The number of nitrogens with one attached hydrogen (secondary N) is 1. The molecule has 0 bridgehead atoms. The van der Waals surface area contributed by atoms with Crippen molar-refractivity contribution in [3.63, 3.8) is 0 Å². The van der Waals surface area contributed by atoms with E-state index in [4.69, 9.17) is 27.9 Å². The summed E-state index contributed by atoms with van der Waals surface area (Å²) in [7, 11) is 0. The van der Waals surface area contributed by atoms with Gasteiger partial charge in [-0.15, -0.1) is 10.2 Å². The molecule has 2 aromatic heterocycles. The van der Waals surface area contributed by atoms with Crippen molar-refractivity contribution >= 4 is 40.7 Å². The number of rotatable bonds is 5. The summed E-state index contributed by atoms with van der Waals surface area (Å²) < 4.78 is 7.09. The quantitative estimate of drug-likeness (QED) is 0.547. The van der Waals surface area contributed by atoms with E-state index in [0.717, 1.165) is 0 Å². The minimum Gasteiger partial charge on any atom is -0.490 e. The molecule has 7 nitrogen and oxygen atoms in total. The zero-order chi connectivity index (χ0) is 16.4. The second kappa shape index (κ2) is 6.77. The van der Waals surface area contributed by atoms with Crippen LogP contribution in [-0.2, 0) is 0 Å². The molecule has 0 spiro atoms. The topological polar surface area (TPSA) is 85.2 Å². The molecule has 2 heterocycles. The number of benzene rings is 1. The Morgan fingerprint density at radius 2 is 2.04 bits per heavy atom. The SMILES string of the molecule is Cc1nn2c(SCCOc3c(Cl)cccc3Cl)nnc2[nH]c1=O. The molecule has 3 rings (SSSR count). The highest BCUT2D eigenvalue weighted by Gasteiger charge is 2.11. The van der Waals surface area contributed by atoms with E-state index >= 15 is 0 Å². The van der Waals surface area contributed by atoms with Crippen molar-refractivity contribution in [2.75, 3.05) is 12.4 Å². The van der Waals surface area contributed by atoms with E-state index in [9.17, 15) is 4.79 Å². The third kappa shape index (κ3) is 3.44. The van der Waals surface area contributed by atoms with Gasteiger partial charge in [0.25, 0.3) is 11.3 Å². The van der Waals surface area contributed by atoms with E-state index in [2.05, 4.69) is 20.3 Å². The van der Waals surface area contributed by atoms with Gasteiger partial charge in [-0.05, 0) is 19.1 Å². The minimum absolute atomic E-state index is 0.279. The molecule has 0 saturated carbocycles. The van der Waals surface area contributed by atoms with Crippen LogP contribution in [0.25, 0.3) is 5.78 Å². The van der Waals surface area contributed by atoms with Crippen LogP contribution >= 0.6 is 35.0 Å². The normalized spacial score (nSPS) is 11.1. The summed E-state index contributed by atoms with van der Waals surface area (Å²) in [6.07, 6.45) is 0. The van der Waals surface area contributed by atoms with Crippen LogP contribution in [0.3, 0.4) is 0 Å². The number of thioether (sulfide) groups is 1. The van der Waals surface area contributed by atoms with Gasteiger partial charge >= 0.3 is 0 Å². The maximum atomic E-state index is 11.5. The molecule has 10 heteroatoms. The summed E-state index contributed by atoms with van der Waals surface area (Å²) in [5, 5.41) is 13.5. The lowest BCUT2D eigenvalue weighted by atomic mass is 10.3. The second-order valence-electron chi connectivity index (χ2n) is 4.51. The number of hydrogen-bond donors (Lipinski definition) is 1. The Morgan fingerprint density at radius 1 is 1.30 bits per heavy atom. The molecule has 0 amide bonds. The van der Waals surface area contributed by atoms with Gasteiger partial charge in [0.1, 0.15) is 5.69 Å². The maximum absolute atomic E-state index is 11.5. The van der Waals surface area contributed by atoms with Crippen LogP contribution in [0.15, 0.2) is 28.2 Å². The summed E-state index contributed by atoms with van der Waals surface area (Å²) in [5.74, 6) is 1.35. The zero-order valence-corrected chi connectivity index (χ0v) is 14.2. The van der Waals surface area contributed by atoms with Crippen LogP contribution < -0.4 is 10.3 Å². The van der Waals surface area contributed by atoms with E-state index in [-0.39, 0.29) is 5.56 Å². The van der Waals surface area contributed by atoms with E-state index in [1.165, 1.54) is 16.3 Å². The van der Waals surface area contributed by atoms with Gasteiger partial charge in [-0.25, -0.2) is 0 Å². The smallest absolute Gasteiger partial charge is 0.273 e. The number of ether oxygens (including phenoxy) is 1. The van der Waals surface area contributed by atoms with E-state index < -0.39 is 0 Å². The molecular formula is C13H11Cl2N5O2S. The lowest BCUT2D eigenvalue weighted by Gasteiger charge is -2.08. The Kier molecular flexibility index (Phi) is 4.74. The van der Waals surface area contributed by atoms with Crippen LogP contribution in [-0.4, -0.2) is 37.2 Å². The zero-order valence-electron chi connectivity index (χ0n) is 11.9. The van der Waals surface area contributed by atoms with E-state index in [1.807, 2.05) is 0 Å². The first-order chi connectivity index (χ1) is 11.1. The fourth-order valence-corrected chi connectivity index (χ4v) is 3.01. The van der Waals surface area contributed by atoms with Gasteiger partial charge in [-0.3, -0.25) is 9.78 Å². The number of fused-ring (bicyclic) bond motifs is 1. The van der Waals surface area contributed by atoms with E-state index in [1.54, 1.807) is 25.1 Å². The molecule has 1 aromatic carbocycles. The molecule has 23 heavy (non-hydrogen) atoms. The second-order valence-corrected chi connectivity index (χ2v) is 6.38. The maximum Gasteiger partial charge on any atom is 0.273 e.